The highest BCUT2D eigenvalue weighted by atomic mass is 32.2. The number of aromatic nitrogens is 1. The molecule has 3 N–H and O–H groups in total. The molecule has 1 aromatic heterocycles. The molecule has 11 nitrogen and oxygen atoms in total. The van der Waals surface area contributed by atoms with Crippen molar-refractivity contribution in [2.75, 3.05) is 39.9 Å². The Morgan fingerprint density at radius 1 is 1.10 bits per heavy atom. The van der Waals surface area contributed by atoms with Crippen LogP contribution in [0.1, 0.15) is 19.3 Å². The van der Waals surface area contributed by atoms with E-state index in [-0.39, 0.29) is 29.0 Å². The zero-order chi connectivity index (χ0) is 28.4. The Hall–Kier alpha value is -2.65. The summed E-state index contributed by atoms with van der Waals surface area (Å²) in [6.07, 6.45) is 2.50. The van der Waals surface area contributed by atoms with Crippen LogP contribution >= 0.6 is 0 Å². The predicted molar refractivity (Wildman–Crippen MR) is 149 cm³/mol. The van der Waals surface area contributed by atoms with Crippen LogP contribution in [0.2, 0.25) is 0 Å². The largest absolute Gasteiger partial charge is 0.491 e. The Bertz CT molecular complexity index is 1560. The predicted octanol–water partition coefficient (Wildman–Crippen LogP) is 1.48. The number of sulfonamides is 2. The van der Waals surface area contributed by atoms with Gasteiger partial charge in [-0.05, 0) is 50.6 Å². The summed E-state index contributed by atoms with van der Waals surface area (Å²) in [5.41, 5.74) is 0.356. The lowest BCUT2D eigenvalue weighted by atomic mass is 9.88. The van der Waals surface area contributed by atoms with Gasteiger partial charge in [-0.25, -0.2) is 21.6 Å². The fraction of sp³-hybridized carbons (Fsp3) is 0.444. The molecule has 2 fully saturated rings. The summed E-state index contributed by atoms with van der Waals surface area (Å²) in [6, 6.07) is 15.2. The molecule has 0 amide bonds. The zero-order valence-corrected chi connectivity index (χ0v) is 23.8. The Morgan fingerprint density at radius 2 is 1.88 bits per heavy atom. The minimum Gasteiger partial charge on any atom is -0.491 e. The third kappa shape index (κ3) is 6.30. The average molecular weight is 591 g/mol. The molecule has 2 aromatic carbocycles. The van der Waals surface area contributed by atoms with E-state index in [2.05, 4.69) is 15.0 Å². The summed E-state index contributed by atoms with van der Waals surface area (Å²) in [7, 11) is -5.91. The maximum atomic E-state index is 13.3. The van der Waals surface area contributed by atoms with Gasteiger partial charge in [0.2, 0.25) is 20.0 Å². The van der Waals surface area contributed by atoms with Gasteiger partial charge in [0.25, 0.3) is 0 Å². The van der Waals surface area contributed by atoms with Crippen molar-refractivity contribution in [1.29, 1.82) is 0 Å². The third-order valence-corrected chi connectivity index (χ3v) is 10.8. The molecule has 2 aliphatic heterocycles. The van der Waals surface area contributed by atoms with E-state index in [1.807, 2.05) is 24.3 Å². The summed E-state index contributed by atoms with van der Waals surface area (Å²) >= 11 is 0. The quantitative estimate of drug-likeness (QED) is 0.319. The first-order chi connectivity index (χ1) is 19.1. The molecule has 2 atom stereocenters. The summed E-state index contributed by atoms with van der Waals surface area (Å²) < 4.78 is 66.0. The highest BCUT2D eigenvalue weighted by molar-refractivity contribution is 7.89. The van der Waals surface area contributed by atoms with Crippen molar-refractivity contribution < 1.29 is 31.4 Å². The molecule has 5 rings (SSSR count). The van der Waals surface area contributed by atoms with Crippen LogP contribution in [0.5, 0.6) is 5.75 Å². The normalized spacial score (nSPS) is 20.6. The number of nitrogens with one attached hydrogen (secondary N) is 2. The van der Waals surface area contributed by atoms with E-state index < -0.39 is 31.8 Å². The number of nitrogens with zero attached hydrogens (tertiary/aromatic N) is 2. The number of piperidine rings is 1. The number of aliphatic hydroxyl groups excluding tert-OH is 1. The molecular formula is C27H34N4O7S2. The highest BCUT2D eigenvalue weighted by Gasteiger charge is 2.44. The van der Waals surface area contributed by atoms with Gasteiger partial charge in [0, 0.05) is 43.3 Å². The second-order valence-corrected chi connectivity index (χ2v) is 14.0. The van der Waals surface area contributed by atoms with Crippen molar-refractivity contribution in [2.45, 2.75) is 46.8 Å². The van der Waals surface area contributed by atoms with E-state index in [4.69, 9.17) is 9.47 Å². The molecule has 216 valence electrons. The smallest absolute Gasteiger partial charge is 0.244 e. The van der Waals surface area contributed by atoms with Crippen LogP contribution in [0.3, 0.4) is 0 Å². The lowest BCUT2D eigenvalue weighted by Crippen LogP contribution is -2.47. The highest BCUT2D eigenvalue weighted by Crippen LogP contribution is 2.37. The van der Waals surface area contributed by atoms with Crippen LogP contribution in [0.4, 0.5) is 0 Å². The molecule has 0 bridgehead atoms. The zero-order valence-electron chi connectivity index (χ0n) is 22.2. The molecule has 0 radical (unpaired) electrons. The molecule has 13 heteroatoms. The SMILES string of the molecule is CNS(=O)(=O)c1cccc(OCC(O)CN[C@H]2COC3(CCN(S(=O)(=O)c4cnc5ccccc5c4)CC3)C2)c1. The number of benzene rings is 2. The van der Waals surface area contributed by atoms with Crippen molar-refractivity contribution in [3.05, 3.63) is 60.8 Å². The number of fused-ring (bicyclic) bond motifs is 1. The first kappa shape index (κ1) is 28.9. The maximum Gasteiger partial charge on any atom is 0.244 e. The van der Waals surface area contributed by atoms with Crippen molar-refractivity contribution in [2.24, 2.45) is 0 Å². The molecule has 3 aromatic rings. The standard InChI is InChI=1S/C27H34N4O7S2/c1-28-39(33,34)24-7-4-6-23(14-24)37-19-22(32)16-29-21-15-27(38-18-21)9-11-31(12-10-27)40(35,36)25-13-20-5-2-3-8-26(20)30-17-25/h2-8,13-14,17,21-22,28-29,32H,9-12,15-16,18-19H2,1H3/t21-,22?/m1/s1. The van der Waals surface area contributed by atoms with Crippen LogP contribution in [-0.4, -0.2) is 88.9 Å². The van der Waals surface area contributed by atoms with Gasteiger partial charge in [-0.15, -0.1) is 0 Å². The molecule has 3 heterocycles. The molecule has 40 heavy (non-hydrogen) atoms. The lowest BCUT2D eigenvalue weighted by molar-refractivity contribution is -0.0312. The number of hydrogen-bond donors (Lipinski definition) is 3. The minimum atomic E-state index is -3.66. The van der Waals surface area contributed by atoms with E-state index in [9.17, 15) is 21.9 Å². The number of para-hydroxylation sites is 1. The summed E-state index contributed by atoms with van der Waals surface area (Å²) in [5.74, 6) is 0.347. The number of hydrogen-bond acceptors (Lipinski definition) is 9. The van der Waals surface area contributed by atoms with E-state index in [1.165, 1.54) is 29.7 Å². The second kappa shape index (κ2) is 11.7. The number of ether oxygens (including phenoxy) is 2. The lowest BCUT2D eigenvalue weighted by Gasteiger charge is -2.38. The summed E-state index contributed by atoms with van der Waals surface area (Å²) in [4.78, 5) is 4.59. The van der Waals surface area contributed by atoms with Gasteiger partial charge < -0.3 is 19.9 Å². The van der Waals surface area contributed by atoms with Gasteiger partial charge in [-0.3, -0.25) is 4.98 Å². The molecule has 1 spiro atoms. The van der Waals surface area contributed by atoms with Crippen LogP contribution in [0.15, 0.2) is 70.6 Å². The van der Waals surface area contributed by atoms with E-state index in [0.29, 0.717) is 38.3 Å². The fourth-order valence-electron chi connectivity index (χ4n) is 5.20. The summed E-state index contributed by atoms with van der Waals surface area (Å²) in [6.45, 7) is 1.46. The van der Waals surface area contributed by atoms with Crippen molar-refractivity contribution in [3.63, 3.8) is 0 Å². The molecule has 2 saturated heterocycles. The molecular weight excluding hydrogens is 556 g/mol. The van der Waals surface area contributed by atoms with Crippen LogP contribution in [0, 0.1) is 0 Å². The van der Waals surface area contributed by atoms with Gasteiger partial charge in [0.15, 0.2) is 0 Å². The number of pyridine rings is 1. The van der Waals surface area contributed by atoms with Gasteiger partial charge in [0.05, 0.1) is 22.6 Å². The van der Waals surface area contributed by atoms with Crippen molar-refractivity contribution in [1.82, 2.24) is 19.3 Å². The van der Waals surface area contributed by atoms with Crippen molar-refractivity contribution in [3.8, 4) is 5.75 Å². The second-order valence-electron chi connectivity index (χ2n) is 10.2. The Labute approximate surface area is 234 Å². The van der Waals surface area contributed by atoms with Crippen molar-refractivity contribution >= 4 is 30.9 Å². The van der Waals surface area contributed by atoms with E-state index >= 15 is 0 Å². The molecule has 2 aliphatic rings. The third-order valence-electron chi connectivity index (χ3n) is 7.51. The Morgan fingerprint density at radius 3 is 2.65 bits per heavy atom. The first-order valence-corrected chi connectivity index (χ1v) is 16.1. The fourth-order valence-corrected chi connectivity index (χ4v) is 7.39. The minimum absolute atomic E-state index is 0.00871. The van der Waals surface area contributed by atoms with Crippen LogP contribution in [0.25, 0.3) is 10.9 Å². The van der Waals surface area contributed by atoms with E-state index in [0.717, 1.165) is 17.3 Å². The Kier molecular flexibility index (Phi) is 8.43. The topological polar surface area (TPSA) is 147 Å². The average Bonchev–Trinajstić information content (AvgIpc) is 3.37. The first-order valence-electron chi connectivity index (χ1n) is 13.2. The molecule has 1 unspecified atom stereocenters. The van der Waals surface area contributed by atoms with Crippen LogP contribution < -0.4 is 14.8 Å². The van der Waals surface area contributed by atoms with E-state index in [1.54, 1.807) is 18.2 Å². The maximum absolute atomic E-state index is 13.3. The molecule has 0 saturated carbocycles. The van der Waals surface area contributed by atoms with Gasteiger partial charge in [-0.2, -0.15) is 4.31 Å². The summed E-state index contributed by atoms with van der Waals surface area (Å²) in [5, 5.41) is 14.5. The van der Waals surface area contributed by atoms with Gasteiger partial charge in [-0.1, -0.05) is 24.3 Å². The molecule has 0 aliphatic carbocycles. The van der Waals surface area contributed by atoms with Gasteiger partial charge in [0.1, 0.15) is 23.4 Å². The van der Waals surface area contributed by atoms with Gasteiger partial charge >= 0.3 is 0 Å². The van der Waals surface area contributed by atoms with Crippen LogP contribution in [-0.2, 0) is 24.8 Å². The Balaban J connectivity index is 1.09. The number of rotatable bonds is 10. The monoisotopic (exact) mass is 590 g/mol. The number of aliphatic hydroxyl groups is 1.